The molecule has 4 nitrogen and oxygen atoms in total. The number of nitrogens with zero attached hydrogens (tertiary/aromatic N) is 2. The summed E-state index contributed by atoms with van der Waals surface area (Å²) in [5, 5.41) is 4.48. The van der Waals surface area contributed by atoms with Crippen molar-refractivity contribution in [2.75, 3.05) is 19.7 Å². The van der Waals surface area contributed by atoms with Crippen LogP contribution in [0, 0.1) is 5.92 Å². The number of amides is 1. The van der Waals surface area contributed by atoms with Crippen molar-refractivity contribution in [3.05, 3.63) is 34.9 Å². The van der Waals surface area contributed by atoms with E-state index in [1.807, 2.05) is 17.0 Å². The Hall–Kier alpha value is -1.55. The maximum atomic E-state index is 11.9. The minimum Gasteiger partial charge on any atom is -0.386 e. The summed E-state index contributed by atoms with van der Waals surface area (Å²) in [6, 6.07) is 7.23. The highest BCUT2D eigenvalue weighted by molar-refractivity contribution is 6.30. The Morgan fingerprint density at radius 2 is 2.05 bits per heavy atom. The second-order valence-corrected chi connectivity index (χ2v) is 5.56. The first-order valence-electron chi connectivity index (χ1n) is 6.84. The fourth-order valence-corrected chi connectivity index (χ4v) is 2.21. The number of rotatable bonds is 4. The van der Waals surface area contributed by atoms with Gasteiger partial charge < -0.3 is 9.74 Å². The standard InChI is InChI=1S/C15H19ClN2O2/c1-12-6-8-18(9-7-12)15(19)11-20-17-10-13-2-4-14(16)5-3-13/h2-5,10,12H,6-9,11H2,1H3. The summed E-state index contributed by atoms with van der Waals surface area (Å²) < 4.78 is 0. The van der Waals surface area contributed by atoms with Crippen LogP contribution in [-0.4, -0.2) is 36.7 Å². The van der Waals surface area contributed by atoms with Crippen LogP contribution in [0.4, 0.5) is 0 Å². The topological polar surface area (TPSA) is 41.9 Å². The van der Waals surface area contributed by atoms with Gasteiger partial charge >= 0.3 is 0 Å². The van der Waals surface area contributed by atoms with E-state index in [4.69, 9.17) is 16.4 Å². The zero-order valence-corrected chi connectivity index (χ0v) is 12.3. The summed E-state index contributed by atoms with van der Waals surface area (Å²) in [6.07, 6.45) is 3.71. The zero-order chi connectivity index (χ0) is 14.4. The van der Waals surface area contributed by atoms with Crippen LogP contribution in [0.2, 0.25) is 5.02 Å². The fraction of sp³-hybridized carbons (Fsp3) is 0.467. The Bertz CT molecular complexity index is 465. The van der Waals surface area contributed by atoms with E-state index in [1.54, 1.807) is 18.3 Å². The number of piperidine rings is 1. The quantitative estimate of drug-likeness (QED) is 0.633. The minimum atomic E-state index is -0.00152. The average Bonchev–Trinajstić information content (AvgIpc) is 2.46. The van der Waals surface area contributed by atoms with Gasteiger partial charge in [-0.15, -0.1) is 0 Å². The first-order chi connectivity index (χ1) is 9.65. The van der Waals surface area contributed by atoms with Crippen LogP contribution in [-0.2, 0) is 9.63 Å². The van der Waals surface area contributed by atoms with Crippen molar-refractivity contribution in [1.82, 2.24) is 4.90 Å². The molecule has 1 aromatic rings. The number of halogens is 1. The average molecular weight is 295 g/mol. The first-order valence-corrected chi connectivity index (χ1v) is 7.21. The Morgan fingerprint density at radius 3 is 2.70 bits per heavy atom. The van der Waals surface area contributed by atoms with Gasteiger partial charge in [-0.25, -0.2) is 0 Å². The Balaban J connectivity index is 1.72. The van der Waals surface area contributed by atoms with E-state index in [-0.39, 0.29) is 12.5 Å². The second-order valence-electron chi connectivity index (χ2n) is 5.12. The van der Waals surface area contributed by atoms with Gasteiger partial charge in [0.25, 0.3) is 5.91 Å². The van der Waals surface area contributed by atoms with Gasteiger partial charge in [0.2, 0.25) is 0 Å². The van der Waals surface area contributed by atoms with Gasteiger partial charge in [0.15, 0.2) is 6.61 Å². The van der Waals surface area contributed by atoms with Crippen molar-refractivity contribution in [1.29, 1.82) is 0 Å². The number of benzene rings is 1. The lowest BCUT2D eigenvalue weighted by Gasteiger charge is -2.29. The van der Waals surface area contributed by atoms with Gasteiger partial charge in [-0.05, 0) is 36.5 Å². The van der Waals surface area contributed by atoms with E-state index < -0.39 is 0 Å². The van der Waals surface area contributed by atoms with Gasteiger partial charge in [0, 0.05) is 18.1 Å². The van der Waals surface area contributed by atoms with Crippen LogP contribution in [0.15, 0.2) is 29.4 Å². The molecule has 2 rings (SSSR count). The van der Waals surface area contributed by atoms with Crippen LogP contribution in [0.5, 0.6) is 0 Å². The van der Waals surface area contributed by atoms with Gasteiger partial charge in [0.1, 0.15) is 0 Å². The molecule has 1 amide bonds. The SMILES string of the molecule is CC1CCN(C(=O)CON=Cc2ccc(Cl)cc2)CC1. The van der Waals surface area contributed by atoms with Crippen LogP contribution in [0.3, 0.4) is 0 Å². The monoisotopic (exact) mass is 294 g/mol. The third kappa shape index (κ3) is 4.53. The summed E-state index contributed by atoms with van der Waals surface area (Å²) in [7, 11) is 0. The number of carbonyl (C=O) groups is 1. The van der Waals surface area contributed by atoms with E-state index in [0.717, 1.165) is 31.5 Å². The molecule has 0 aromatic heterocycles. The lowest BCUT2D eigenvalue weighted by molar-refractivity contribution is -0.137. The largest absolute Gasteiger partial charge is 0.386 e. The molecule has 1 aromatic carbocycles. The predicted molar refractivity (Wildman–Crippen MR) is 80.0 cm³/mol. The smallest absolute Gasteiger partial charge is 0.263 e. The summed E-state index contributed by atoms with van der Waals surface area (Å²) in [5.41, 5.74) is 0.883. The highest BCUT2D eigenvalue weighted by atomic mass is 35.5. The molecule has 1 heterocycles. The fourth-order valence-electron chi connectivity index (χ4n) is 2.09. The lowest BCUT2D eigenvalue weighted by Crippen LogP contribution is -2.39. The van der Waals surface area contributed by atoms with Crippen LogP contribution < -0.4 is 0 Å². The van der Waals surface area contributed by atoms with E-state index >= 15 is 0 Å². The van der Waals surface area contributed by atoms with E-state index in [0.29, 0.717) is 10.9 Å². The molecule has 0 bridgehead atoms. The molecule has 0 unspecified atom stereocenters. The highest BCUT2D eigenvalue weighted by Gasteiger charge is 2.20. The van der Waals surface area contributed by atoms with Crippen molar-refractivity contribution in [2.45, 2.75) is 19.8 Å². The number of oxime groups is 1. The molecule has 5 heteroatoms. The molecule has 0 spiro atoms. The van der Waals surface area contributed by atoms with Gasteiger partial charge in [0.05, 0.1) is 6.21 Å². The van der Waals surface area contributed by atoms with Gasteiger partial charge in [-0.3, -0.25) is 4.79 Å². The normalized spacial score (nSPS) is 16.6. The maximum Gasteiger partial charge on any atom is 0.263 e. The summed E-state index contributed by atoms with van der Waals surface area (Å²) >= 11 is 5.78. The second kappa shape index (κ2) is 7.29. The van der Waals surface area contributed by atoms with E-state index in [1.165, 1.54) is 0 Å². The molecule has 1 saturated heterocycles. The molecule has 0 radical (unpaired) electrons. The number of carbonyl (C=O) groups excluding carboxylic acids is 1. The number of hydrogen-bond donors (Lipinski definition) is 0. The third-order valence-electron chi connectivity index (χ3n) is 3.47. The van der Waals surface area contributed by atoms with Crippen LogP contribution >= 0.6 is 11.6 Å². The summed E-state index contributed by atoms with van der Waals surface area (Å²) in [4.78, 5) is 18.8. The molecule has 0 N–H and O–H groups in total. The van der Waals surface area contributed by atoms with Gasteiger partial charge in [-0.1, -0.05) is 35.8 Å². The summed E-state index contributed by atoms with van der Waals surface area (Å²) in [5.74, 6) is 0.716. The Kier molecular flexibility index (Phi) is 5.41. The zero-order valence-electron chi connectivity index (χ0n) is 11.6. The Morgan fingerprint density at radius 1 is 1.40 bits per heavy atom. The molecule has 108 valence electrons. The molecular weight excluding hydrogens is 276 g/mol. The molecule has 1 aliphatic heterocycles. The molecular formula is C15H19ClN2O2. The molecule has 0 atom stereocenters. The minimum absolute atomic E-state index is 0.00152. The van der Waals surface area contributed by atoms with Crippen molar-refractivity contribution in [2.24, 2.45) is 11.1 Å². The van der Waals surface area contributed by atoms with E-state index in [2.05, 4.69) is 12.1 Å². The highest BCUT2D eigenvalue weighted by Crippen LogP contribution is 2.15. The summed E-state index contributed by atoms with van der Waals surface area (Å²) in [6.45, 7) is 3.86. The first kappa shape index (κ1) is 14.9. The van der Waals surface area contributed by atoms with Crippen molar-refractivity contribution >= 4 is 23.7 Å². The lowest BCUT2D eigenvalue weighted by atomic mass is 9.99. The predicted octanol–water partition coefficient (Wildman–Crippen LogP) is 2.95. The molecule has 20 heavy (non-hydrogen) atoms. The Labute approximate surface area is 124 Å². The molecule has 0 saturated carbocycles. The van der Waals surface area contributed by atoms with Crippen LogP contribution in [0.1, 0.15) is 25.3 Å². The molecule has 0 aliphatic carbocycles. The third-order valence-corrected chi connectivity index (χ3v) is 3.72. The van der Waals surface area contributed by atoms with E-state index in [9.17, 15) is 4.79 Å². The van der Waals surface area contributed by atoms with Crippen molar-refractivity contribution in [3.63, 3.8) is 0 Å². The van der Waals surface area contributed by atoms with Crippen molar-refractivity contribution in [3.8, 4) is 0 Å². The molecule has 1 fully saturated rings. The maximum absolute atomic E-state index is 11.9. The number of likely N-dealkylation sites (tertiary alicyclic amines) is 1. The molecule has 1 aliphatic rings. The van der Waals surface area contributed by atoms with Crippen LogP contribution in [0.25, 0.3) is 0 Å². The van der Waals surface area contributed by atoms with Crippen molar-refractivity contribution < 1.29 is 9.63 Å². The van der Waals surface area contributed by atoms with Gasteiger partial charge in [-0.2, -0.15) is 0 Å². The number of hydrogen-bond acceptors (Lipinski definition) is 3.